The summed E-state index contributed by atoms with van der Waals surface area (Å²) in [5.41, 5.74) is 0. The van der Waals surface area contributed by atoms with Crippen molar-refractivity contribution in [3.05, 3.63) is 12.2 Å². The van der Waals surface area contributed by atoms with E-state index >= 15 is 0 Å². The predicted octanol–water partition coefficient (Wildman–Crippen LogP) is 6.29. The highest BCUT2D eigenvalue weighted by molar-refractivity contribution is 5.77. The van der Waals surface area contributed by atoms with Gasteiger partial charge in [0.1, 0.15) is 67.1 Å². The monoisotopic (exact) mass is 1290 g/mol. The molecular formula is C67H124N2O21. The highest BCUT2D eigenvalue weighted by Crippen LogP contribution is 2.39. The van der Waals surface area contributed by atoms with E-state index in [1.165, 1.54) is 128 Å². The van der Waals surface area contributed by atoms with E-state index in [0.29, 0.717) is 19.3 Å². The molecule has 0 bridgehead atoms. The van der Waals surface area contributed by atoms with E-state index in [9.17, 15) is 75.7 Å². The molecule has 0 spiro atoms. The average molecular weight is 1290 g/mol. The summed E-state index contributed by atoms with van der Waals surface area (Å²) in [4.78, 5) is 38.5. The van der Waals surface area contributed by atoms with Gasteiger partial charge in [0.25, 0.3) is 5.79 Å². The van der Waals surface area contributed by atoms with Gasteiger partial charge in [-0.25, -0.2) is 4.79 Å². The number of carboxylic acid groups (broad SMARTS) is 1. The number of aliphatic hydroxyl groups excluding tert-OH is 11. The first kappa shape index (κ1) is 81.7. The number of hydrogen-bond donors (Lipinski definition) is 14. The molecular weight excluding hydrogens is 1170 g/mol. The second kappa shape index (κ2) is 48.2. The number of nitrogens with one attached hydrogen (secondary N) is 2. The van der Waals surface area contributed by atoms with Gasteiger partial charge in [0.2, 0.25) is 11.8 Å². The molecule has 3 saturated heterocycles. The van der Waals surface area contributed by atoms with Gasteiger partial charge >= 0.3 is 5.97 Å². The van der Waals surface area contributed by atoms with Gasteiger partial charge in [0.15, 0.2) is 12.6 Å². The molecule has 0 aromatic heterocycles. The van der Waals surface area contributed by atoms with Gasteiger partial charge in [0.05, 0.1) is 50.7 Å². The number of amides is 2. The number of ether oxygens (including phenoxy) is 6. The third kappa shape index (κ3) is 30.5. The van der Waals surface area contributed by atoms with Crippen molar-refractivity contribution in [2.24, 2.45) is 0 Å². The zero-order chi connectivity index (χ0) is 66.1. The molecule has 23 heteroatoms. The zero-order valence-electron chi connectivity index (χ0n) is 55.0. The summed E-state index contributed by atoms with van der Waals surface area (Å²) >= 11 is 0. The number of rotatable bonds is 53. The lowest BCUT2D eigenvalue weighted by Crippen LogP contribution is -2.70. The quantitative estimate of drug-likeness (QED) is 0.0235. The highest BCUT2D eigenvalue weighted by atomic mass is 16.8. The summed E-state index contributed by atoms with van der Waals surface area (Å²) < 4.78 is 34.8. The molecule has 18 atom stereocenters. The van der Waals surface area contributed by atoms with Crippen LogP contribution in [0.2, 0.25) is 0 Å². The molecule has 3 fully saturated rings. The molecule has 3 heterocycles. The maximum Gasteiger partial charge on any atom is 0.364 e. The molecule has 23 nitrogen and oxygen atoms in total. The van der Waals surface area contributed by atoms with Crippen LogP contribution in [0.1, 0.15) is 258 Å². The van der Waals surface area contributed by atoms with Gasteiger partial charge in [-0.15, -0.1) is 0 Å². The van der Waals surface area contributed by atoms with Crippen LogP contribution in [0.25, 0.3) is 0 Å². The van der Waals surface area contributed by atoms with E-state index < -0.39 is 148 Å². The van der Waals surface area contributed by atoms with Gasteiger partial charge in [-0.1, -0.05) is 212 Å². The molecule has 14 N–H and O–H groups in total. The summed E-state index contributed by atoms with van der Waals surface area (Å²) in [6, 6.07) is -2.53. The van der Waals surface area contributed by atoms with Crippen LogP contribution in [0.3, 0.4) is 0 Å². The fourth-order valence-electron chi connectivity index (χ4n) is 12.4. The van der Waals surface area contributed by atoms with E-state index in [1.54, 1.807) is 0 Å². The standard InChI is InChI=1S/C67H124N2O21/c1-4-6-8-10-12-14-16-18-20-21-22-23-24-25-26-27-29-31-33-35-37-39-41-54(77)69-48(49(74)40-38-36-34-32-30-28-19-17-15-13-11-9-7-5-2)46-85-64-59(81)58(80)61(53(45-72)87-64)88-65-60(82)63(57(79)52(44-71)86-65)90-67(66(83)84)42-50(75)55(68-47(3)73)62(89-67)56(78)51(76)43-70/h24-25,48-53,55-65,70-72,74-76,78-82H,4-23,26-46H2,1-3H3,(H,68,73)(H,69,77)(H,83,84)/b25-24-. The molecule has 3 rings (SSSR count). The number of aliphatic hydroxyl groups is 11. The first-order valence-electron chi connectivity index (χ1n) is 35.0. The van der Waals surface area contributed by atoms with Crippen molar-refractivity contribution < 1.29 is 104 Å². The van der Waals surface area contributed by atoms with Crippen LogP contribution in [0, 0.1) is 0 Å². The molecule has 0 aromatic carbocycles. The Kier molecular flexibility index (Phi) is 43.8. The van der Waals surface area contributed by atoms with Crippen molar-refractivity contribution >= 4 is 17.8 Å². The van der Waals surface area contributed by atoms with Crippen LogP contribution in [0.15, 0.2) is 12.2 Å². The SMILES string of the molecule is CCCCCCCCCCCCC/C=C\CCCCCCCCCC(=O)NC(COC1OC(CO)C(OC2OC(CO)C(O)C(OC3(C(=O)O)CC(O)C(NC(C)=O)C(C(O)C(O)CO)O3)C2O)C(O)C1O)C(O)CCCCCCCCCCCCCCCC. The number of carbonyl (C=O) groups is 3. The molecule has 2 amide bonds. The van der Waals surface area contributed by atoms with Crippen LogP contribution in [-0.2, 0) is 42.8 Å². The number of unbranched alkanes of at least 4 members (excludes halogenated alkanes) is 31. The minimum atomic E-state index is -3.08. The number of carboxylic acids is 1. The molecule has 0 saturated carbocycles. The molecule has 0 radical (unpaired) electrons. The number of hydrogen-bond acceptors (Lipinski definition) is 20. The Morgan fingerprint density at radius 1 is 0.567 bits per heavy atom. The van der Waals surface area contributed by atoms with Gasteiger partial charge < -0.3 is 100 Å². The van der Waals surface area contributed by atoms with Gasteiger partial charge in [-0.3, -0.25) is 9.59 Å². The second-order valence-electron chi connectivity index (χ2n) is 25.7. The van der Waals surface area contributed by atoms with Crippen molar-refractivity contribution in [1.82, 2.24) is 10.6 Å². The van der Waals surface area contributed by atoms with Crippen molar-refractivity contribution in [2.45, 2.75) is 368 Å². The topological polar surface area (TPSA) is 373 Å². The zero-order valence-corrected chi connectivity index (χ0v) is 55.0. The van der Waals surface area contributed by atoms with Crippen LogP contribution in [-0.4, -0.2) is 215 Å². The van der Waals surface area contributed by atoms with Gasteiger partial charge in [-0.05, 0) is 38.5 Å². The Bertz CT molecular complexity index is 1870. The van der Waals surface area contributed by atoms with E-state index in [0.717, 1.165) is 84.0 Å². The second-order valence-corrected chi connectivity index (χ2v) is 25.7. The van der Waals surface area contributed by atoms with Crippen LogP contribution < -0.4 is 10.6 Å². The number of carbonyl (C=O) groups excluding carboxylic acids is 2. The normalized spacial score (nSPS) is 28.6. The Hall–Kier alpha value is -2.53. The van der Waals surface area contributed by atoms with Crippen LogP contribution >= 0.6 is 0 Å². The van der Waals surface area contributed by atoms with Crippen molar-refractivity contribution in [3.8, 4) is 0 Å². The van der Waals surface area contributed by atoms with Gasteiger partial charge in [-0.2, -0.15) is 0 Å². The van der Waals surface area contributed by atoms with Crippen LogP contribution in [0.4, 0.5) is 0 Å². The fraction of sp³-hybridized carbons (Fsp3) is 0.925. The van der Waals surface area contributed by atoms with Crippen molar-refractivity contribution in [2.75, 3.05) is 26.4 Å². The molecule has 528 valence electrons. The van der Waals surface area contributed by atoms with E-state index in [4.69, 9.17) is 28.4 Å². The lowest BCUT2D eigenvalue weighted by atomic mass is 9.88. The molecule has 0 aliphatic carbocycles. The third-order valence-electron chi connectivity index (χ3n) is 18.0. The van der Waals surface area contributed by atoms with Crippen molar-refractivity contribution in [1.29, 1.82) is 0 Å². The number of allylic oxidation sites excluding steroid dienone is 2. The molecule has 18 unspecified atom stereocenters. The van der Waals surface area contributed by atoms with Gasteiger partial charge in [0, 0.05) is 19.8 Å². The van der Waals surface area contributed by atoms with Crippen LogP contribution in [0.5, 0.6) is 0 Å². The molecule has 3 aliphatic rings. The van der Waals surface area contributed by atoms with E-state index in [2.05, 4.69) is 36.6 Å². The smallest absolute Gasteiger partial charge is 0.364 e. The maximum absolute atomic E-state index is 13.5. The Morgan fingerprint density at radius 3 is 1.50 bits per heavy atom. The maximum atomic E-state index is 13.5. The first-order chi connectivity index (χ1) is 43.4. The summed E-state index contributed by atoms with van der Waals surface area (Å²) in [7, 11) is 0. The van der Waals surface area contributed by atoms with E-state index in [-0.39, 0.29) is 18.9 Å². The molecule has 90 heavy (non-hydrogen) atoms. The summed E-state index contributed by atoms with van der Waals surface area (Å²) in [5.74, 6) is -6.10. The largest absolute Gasteiger partial charge is 0.477 e. The lowest BCUT2D eigenvalue weighted by molar-refractivity contribution is -0.386. The minimum absolute atomic E-state index is 0.220. The Morgan fingerprint density at radius 2 is 1.03 bits per heavy atom. The minimum Gasteiger partial charge on any atom is -0.477 e. The lowest BCUT2D eigenvalue weighted by Gasteiger charge is -2.50. The summed E-state index contributed by atoms with van der Waals surface area (Å²) in [6.45, 7) is 2.21. The summed E-state index contributed by atoms with van der Waals surface area (Å²) in [5, 5.41) is 136. The molecule has 3 aliphatic heterocycles. The third-order valence-corrected chi connectivity index (χ3v) is 18.0. The molecule has 0 aromatic rings. The Labute approximate surface area is 537 Å². The fourth-order valence-corrected chi connectivity index (χ4v) is 12.4. The highest BCUT2D eigenvalue weighted by Gasteiger charge is 2.60. The predicted molar refractivity (Wildman–Crippen MR) is 338 cm³/mol. The summed E-state index contributed by atoms with van der Waals surface area (Å²) in [6.07, 6.45) is 16.4. The Balaban J connectivity index is 1.58. The van der Waals surface area contributed by atoms with E-state index in [1.807, 2.05) is 0 Å². The average Bonchev–Trinajstić information content (AvgIpc) is 0.767. The first-order valence-corrected chi connectivity index (χ1v) is 35.0. The van der Waals surface area contributed by atoms with Crippen molar-refractivity contribution in [3.63, 3.8) is 0 Å². The number of aliphatic carboxylic acids is 1.